The Morgan fingerprint density at radius 3 is 2.10 bits per heavy atom. The van der Waals surface area contributed by atoms with Gasteiger partial charge in [0.1, 0.15) is 60.5 Å². The molecule has 0 aromatic heterocycles. The maximum Gasteiger partial charge on any atom is 0.187 e. The molecular weight excluding hydrogens is 541 g/mol. The van der Waals surface area contributed by atoms with Crippen molar-refractivity contribution in [3.63, 3.8) is 0 Å². The van der Waals surface area contributed by atoms with Crippen molar-refractivity contribution in [3.8, 4) is 0 Å². The fraction of sp³-hybridized carbons (Fsp3) is 0.905. The average molecular weight is 583 g/mol. The molecule has 0 amide bonds. The number of likely N-dealkylation sites (N-methyl/N-ethyl adjacent to an activating group) is 1. The number of hydrogen-bond donors (Lipinski definition) is 14. The highest BCUT2D eigenvalue weighted by Gasteiger charge is 2.60. The van der Waals surface area contributed by atoms with E-state index < -0.39 is 116 Å². The lowest BCUT2D eigenvalue weighted by Gasteiger charge is -2.46. The SMILES string of the molecule is C[C@@H]1O[C@@H](O[C@H]2[C@H](O)[C@@H](O)[C@H](N=C(N)N)[C@@H](O)[C@@H]2NC(=N)N)[C@H](O[C@@H]2O[C@@H](CO)[C@H](O)[C@@H](O)[C@@H]2N[11CH3])[C@@]1(O)CO. The summed E-state index contributed by atoms with van der Waals surface area (Å²) in [5.41, 5.74) is 14.1. The summed E-state index contributed by atoms with van der Waals surface area (Å²) in [7, 11) is 1.44. The summed E-state index contributed by atoms with van der Waals surface area (Å²) in [4.78, 5) is 3.75. The lowest BCUT2D eigenvalue weighted by Crippen LogP contribution is -2.70. The number of aliphatic imine (C=N–C) groups is 1. The van der Waals surface area contributed by atoms with Crippen molar-refractivity contribution in [2.75, 3.05) is 20.3 Å². The maximum absolute atomic E-state index is 11.3. The van der Waals surface area contributed by atoms with Gasteiger partial charge in [0.25, 0.3) is 0 Å². The number of nitrogens with two attached hydrogens (primary N) is 3. The zero-order valence-electron chi connectivity index (χ0n) is 21.9. The average Bonchev–Trinajstić information content (AvgIpc) is 3.13. The van der Waals surface area contributed by atoms with Gasteiger partial charge in [-0.1, -0.05) is 0 Å². The molecular formula is C21H41N7O12. The van der Waals surface area contributed by atoms with E-state index in [1.54, 1.807) is 0 Å². The van der Waals surface area contributed by atoms with Gasteiger partial charge in [-0.2, -0.15) is 0 Å². The summed E-state index contributed by atoms with van der Waals surface area (Å²) in [5.74, 6) is -1.13. The van der Waals surface area contributed by atoms with Crippen LogP contribution in [-0.4, -0.2) is 164 Å². The maximum atomic E-state index is 11.3. The topological polar surface area (TPSA) is 337 Å². The monoisotopic (exact) mass is 582 g/mol. The van der Waals surface area contributed by atoms with Crippen LogP contribution in [0.4, 0.5) is 0 Å². The van der Waals surface area contributed by atoms with Crippen LogP contribution < -0.4 is 27.8 Å². The second-order valence-corrected chi connectivity index (χ2v) is 10.1. The van der Waals surface area contributed by atoms with Gasteiger partial charge in [-0.3, -0.25) is 5.41 Å². The van der Waals surface area contributed by atoms with Crippen LogP contribution >= 0.6 is 0 Å². The number of hydrogen-bond acceptors (Lipinski definition) is 15. The normalized spacial score (nSPS) is 47.5. The van der Waals surface area contributed by atoms with E-state index >= 15 is 0 Å². The molecule has 3 fully saturated rings. The second-order valence-electron chi connectivity index (χ2n) is 10.1. The van der Waals surface area contributed by atoms with Crippen LogP contribution in [0.15, 0.2) is 4.99 Å². The first-order valence-electron chi connectivity index (χ1n) is 12.5. The van der Waals surface area contributed by atoms with Gasteiger partial charge < -0.3 is 87.6 Å². The molecule has 19 heteroatoms. The lowest BCUT2D eigenvalue weighted by molar-refractivity contribution is -0.318. The Bertz CT molecular complexity index is 902. The van der Waals surface area contributed by atoms with Crippen LogP contribution in [0.1, 0.15) is 6.92 Å². The van der Waals surface area contributed by atoms with E-state index in [1.165, 1.54) is 14.0 Å². The number of guanidine groups is 2. The molecule has 2 aliphatic heterocycles. The van der Waals surface area contributed by atoms with Gasteiger partial charge in [-0.05, 0) is 14.0 Å². The van der Waals surface area contributed by atoms with Gasteiger partial charge in [-0.25, -0.2) is 4.99 Å². The Hall–Kier alpha value is -1.98. The number of rotatable bonds is 9. The number of aliphatic hydroxyl groups is 8. The molecule has 1 saturated carbocycles. The standard InChI is InChI=1S/C21H41N7O12/c1-5-21(36,4-30)16(40-17-9(26-2)13(34)10(31)6(3-29)38-17)18(37-5)39-15-8(28-20(24)25)11(32)7(27-19(22)23)12(33)14(15)35/h5-18,26,29-36H,3-4H2,1-2H3,(H4,22,23,27)(H4,24,25,28)/t5-,6-,7+,8-,9-,10-,11+,12-,13-,14+,15+,16-,17-,18-,21+/m0/s1/i2-1. The summed E-state index contributed by atoms with van der Waals surface area (Å²) < 4.78 is 23.2. The van der Waals surface area contributed by atoms with Gasteiger partial charge in [0.2, 0.25) is 0 Å². The molecule has 0 aromatic rings. The predicted molar refractivity (Wildman–Crippen MR) is 133 cm³/mol. The number of nitrogens with zero attached hydrogens (tertiary/aromatic N) is 1. The summed E-state index contributed by atoms with van der Waals surface area (Å²) >= 11 is 0. The largest absolute Gasteiger partial charge is 0.394 e. The first-order chi connectivity index (χ1) is 18.7. The summed E-state index contributed by atoms with van der Waals surface area (Å²) in [6.07, 6.45) is -16.9. The van der Waals surface area contributed by atoms with E-state index in [-0.39, 0.29) is 0 Å². The first-order valence-corrected chi connectivity index (χ1v) is 12.5. The molecule has 2 heterocycles. The molecule has 3 rings (SSSR count). The molecule has 3 aliphatic rings. The van der Waals surface area contributed by atoms with Crippen LogP contribution in [-0.2, 0) is 18.9 Å². The van der Waals surface area contributed by atoms with Crippen molar-refractivity contribution in [2.45, 2.75) is 98.2 Å². The molecule has 15 atom stereocenters. The molecule has 0 radical (unpaired) electrons. The number of nitrogens with one attached hydrogen (secondary N) is 3. The molecule has 19 nitrogen and oxygen atoms in total. The molecule has 0 spiro atoms. The van der Waals surface area contributed by atoms with Crippen LogP contribution in [0.5, 0.6) is 0 Å². The highest BCUT2D eigenvalue weighted by atomic mass is 16.8. The second kappa shape index (κ2) is 12.9. The lowest BCUT2D eigenvalue weighted by atomic mass is 9.81. The number of ether oxygens (including phenoxy) is 4. The molecule has 232 valence electrons. The zero-order chi connectivity index (χ0) is 30.1. The van der Waals surface area contributed by atoms with Crippen molar-refractivity contribution >= 4 is 11.9 Å². The van der Waals surface area contributed by atoms with E-state index in [1.807, 2.05) is 0 Å². The summed E-state index contributed by atoms with van der Waals surface area (Å²) in [5, 5.41) is 97.0. The fourth-order valence-corrected chi connectivity index (χ4v) is 5.22. The first kappa shape index (κ1) is 32.5. The minimum Gasteiger partial charge on any atom is -0.394 e. The van der Waals surface area contributed by atoms with Crippen molar-refractivity contribution in [1.82, 2.24) is 10.6 Å². The fourth-order valence-electron chi connectivity index (χ4n) is 5.22. The molecule has 0 unspecified atom stereocenters. The Labute approximate surface area is 229 Å². The van der Waals surface area contributed by atoms with E-state index in [0.29, 0.717) is 0 Å². The molecule has 17 N–H and O–H groups in total. The Balaban J connectivity index is 1.94. The van der Waals surface area contributed by atoms with Crippen molar-refractivity contribution < 1.29 is 59.8 Å². The Kier molecular flexibility index (Phi) is 10.5. The van der Waals surface area contributed by atoms with E-state index in [9.17, 15) is 40.9 Å². The predicted octanol–water partition coefficient (Wildman–Crippen LogP) is -8.16. The van der Waals surface area contributed by atoms with E-state index in [2.05, 4.69) is 15.6 Å². The van der Waals surface area contributed by atoms with Gasteiger partial charge >= 0.3 is 0 Å². The van der Waals surface area contributed by atoms with Gasteiger partial charge in [0.15, 0.2) is 24.5 Å². The Morgan fingerprint density at radius 2 is 1.57 bits per heavy atom. The zero-order valence-corrected chi connectivity index (χ0v) is 21.9. The van der Waals surface area contributed by atoms with Gasteiger partial charge in [0, 0.05) is 0 Å². The van der Waals surface area contributed by atoms with Crippen LogP contribution in [0.25, 0.3) is 0 Å². The van der Waals surface area contributed by atoms with E-state index in [0.717, 1.165) is 0 Å². The van der Waals surface area contributed by atoms with E-state index in [4.69, 9.17) is 41.6 Å². The minimum atomic E-state index is -2.15. The molecule has 0 aromatic carbocycles. The smallest absolute Gasteiger partial charge is 0.187 e. The summed E-state index contributed by atoms with van der Waals surface area (Å²) in [6, 6.07) is -3.94. The quantitative estimate of drug-likeness (QED) is 0.0885. The van der Waals surface area contributed by atoms with Gasteiger partial charge in [0.05, 0.1) is 31.4 Å². The van der Waals surface area contributed by atoms with Crippen molar-refractivity contribution in [3.05, 3.63) is 0 Å². The Morgan fingerprint density at radius 1 is 0.925 bits per heavy atom. The van der Waals surface area contributed by atoms with Crippen LogP contribution in [0.3, 0.4) is 0 Å². The third-order valence-corrected chi connectivity index (χ3v) is 7.55. The molecule has 0 bridgehead atoms. The van der Waals surface area contributed by atoms with Crippen LogP contribution in [0.2, 0.25) is 0 Å². The third kappa shape index (κ3) is 6.11. The number of aliphatic hydroxyl groups excluding tert-OH is 7. The highest BCUT2D eigenvalue weighted by Crippen LogP contribution is 2.38. The minimum absolute atomic E-state index is 0.495. The molecule has 1 aliphatic carbocycles. The third-order valence-electron chi connectivity index (χ3n) is 7.55. The molecule has 40 heavy (non-hydrogen) atoms. The van der Waals surface area contributed by atoms with Crippen LogP contribution in [0, 0.1) is 5.41 Å². The van der Waals surface area contributed by atoms with Gasteiger partial charge in [-0.15, -0.1) is 0 Å². The summed E-state index contributed by atoms with van der Waals surface area (Å²) in [6.45, 7) is -0.205. The highest BCUT2D eigenvalue weighted by molar-refractivity contribution is 5.76. The van der Waals surface area contributed by atoms with Crippen molar-refractivity contribution in [2.24, 2.45) is 22.2 Å². The molecule has 2 saturated heterocycles. The van der Waals surface area contributed by atoms with Crippen molar-refractivity contribution in [1.29, 1.82) is 5.41 Å².